The van der Waals surface area contributed by atoms with Gasteiger partial charge in [-0.15, -0.1) is 0 Å². The van der Waals surface area contributed by atoms with E-state index in [9.17, 15) is 19.5 Å². The fourth-order valence-electron chi connectivity index (χ4n) is 9.70. The van der Waals surface area contributed by atoms with Gasteiger partial charge in [0.05, 0.1) is 0 Å². The van der Waals surface area contributed by atoms with E-state index in [0.29, 0.717) is 19.5 Å². The van der Waals surface area contributed by atoms with Gasteiger partial charge in [0.25, 0.3) is 0 Å². The molecule has 386 valence electrons. The van der Waals surface area contributed by atoms with Crippen LogP contribution in [-0.4, -0.2) is 46.9 Å². The summed E-state index contributed by atoms with van der Waals surface area (Å²) in [6, 6.07) is -0.753. The number of carboxylic acids is 1. The summed E-state index contributed by atoms with van der Waals surface area (Å²) in [6.07, 6.45) is 62.0. The van der Waals surface area contributed by atoms with Gasteiger partial charge in [-0.1, -0.05) is 303 Å². The molecule has 0 aliphatic heterocycles. The predicted octanol–water partition coefficient (Wildman–Crippen LogP) is 18.9. The van der Waals surface area contributed by atoms with Gasteiger partial charge in [0.15, 0.2) is 0 Å². The van der Waals surface area contributed by atoms with E-state index in [0.717, 1.165) is 44.9 Å². The summed E-state index contributed by atoms with van der Waals surface area (Å²) in [5.74, 6) is -1.09. The molecule has 0 spiro atoms. The number of carbonyl (C=O) groups is 3. The molecule has 0 fully saturated rings. The maximum Gasteiger partial charge on any atom is 0.303 e. The van der Waals surface area contributed by atoms with Crippen LogP contribution in [-0.2, 0) is 14.4 Å². The quantitative estimate of drug-likeness (QED) is 0.0595. The molecular weight excluding hydrogens is 801 g/mol. The second-order valence-electron chi connectivity index (χ2n) is 20.7. The predicted molar refractivity (Wildman–Crippen MR) is 284 cm³/mol. The third-order valence-electron chi connectivity index (χ3n) is 14.2. The molecule has 0 bridgehead atoms. The lowest BCUT2D eigenvalue weighted by Crippen LogP contribution is -2.49. The first kappa shape index (κ1) is 63.4. The van der Waals surface area contributed by atoms with E-state index in [1.807, 2.05) is 4.90 Å². The van der Waals surface area contributed by atoms with Crippen molar-refractivity contribution in [3.05, 3.63) is 0 Å². The average molecular weight is 918 g/mol. The van der Waals surface area contributed by atoms with Gasteiger partial charge in [-0.25, -0.2) is 0 Å². The molecule has 0 aromatic rings. The van der Waals surface area contributed by atoms with Crippen molar-refractivity contribution in [2.24, 2.45) is 0 Å². The van der Waals surface area contributed by atoms with Crippen molar-refractivity contribution in [2.45, 2.75) is 348 Å². The van der Waals surface area contributed by atoms with Crippen LogP contribution >= 0.6 is 0 Å². The highest BCUT2D eigenvalue weighted by molar-refractivity contribution is 5.88. The molecule has 6 heteroatoms. The molecule has 0 aliphatic rings. The van der Waals surface area contributed by atoms with E-state index in [2.05, 4.69) is 26.1 Å². The van der Waals surface area contributed by atoms with Crippen molar-refractivity contribution < 1.29 is 19.5 Å². The Hall–Kier alpha value is -1.59. The minimum atomic E-state index is -0.915. The van der Waals surface area contributed by atoms with Crippen LogP contribution in [0.25, 0.3) is 0 Å². The Kier molecular flexibility index (Phi) is 52.1. The number of nitrogens with zero attached hydrogens (tertiary/aromatic N) is 1. The molecule has 0 saturated carbocycles. The van der Waals surface area contributed by atoms with Gasteiger partial charge in [-0.3, -0.25) is 14.4 Å². The van der Waals surface area contributed by atoms with Crippen molar-refractivity contribution in [1.29, 1.82) is 0 Å². The fourth-order valence-corrected chi connectivity index (χ4v) is 9.70. The number of aliphatic carboxylic acids is 1. The Labute approximate surface area is 406 Å². The summed E-state index contributed by atoms with van der Waals surface area (Å²) in [7, 11) is 0. The largest absolute Gasteiger partial charge is 0.481 e. The number of carboxylic acid groups (broad SMARTS) is 1. The summed E-state index contributed by atoms with van der Waals surface area (Å²) in [5, 5.41) is 12.6. The Bertz CT molecular complexity index is 951. The first-order valence-electron chi connectivity index (χ1n) is 29.8. The topological polar surface area (TPSA) is 86.7 Å². The Morgan fingerprint density at radius 2 is 0.569 bits per heavy atom. The number of hydrogen-bond acceptors (Lipinski definition) is 3. The summed E-state index contributed by atoms with van der Waals surface area (Å²) < 4.78 is 0. The molecule has 0 aliphatic carbocycles. The first-order chi connectivity index (χ1) is 32.0. The van der Waals surface area contributed by atoms with Crippen LogP contribution in [0.3, 0.4) is 0 Å². The first-order valence-corrected chi connectivity index (χ1v) is 29.8. The van der Waals surface area contributed by atoms with Crippen molar-refractivity contribution in [1.82, 2.24) is 10.2 Å². The zero-order chi connectivity index (χ0) is 47.4. The molecule has 2 N–H and O–H groups in total. The highest BCUT2D eigenvalue weighted by atomic mass is 16.4. The van der Waals surface area contributed by atoms with Crippen molar-refractivity contribution in [3.8, 4) is 0 Å². The Balaban J connectivity index is 4.69. The van der Waals surface area contributed by atoms with Gasteiger partial charge in [0.1, 0.15) is 6.04 Å². The van der Waals surface area contributed by atoms with Crippen LogP contribution in [0.4, 0.5) is 0 Å². The lowest BCUT2D eigenvalue weighted by Gasteiger charge is -2.28. The van der Waals surface area contributed by atoms with Crippen LogP contribution in [0.5, 0.6) is 0 Å². The molecular formula is C59H116N2O4. The molecule has 0 radical (unpaired) electrons. The Morgan fingerprint density at radius 3 is 0.815 bits per heavy atom. The summed E-state index contributed by atoms with van der Waals surface area (Å²) >= 11 is 0. The van der Waals surface area contributed by atoms with Crippen LogP contribution in [0.15, 0.2) is 0 Å². The minimum Gasteiger partial charge on any atom is -0.481 e. The minimum absolute atomic E-state index is 0.0713. The number of nitrogens with one attached hydrogen (secondary N) is 1. The second kappa shape index (κ2) is 53.4. The van der Waals surface area contributed by atoms with Gasteiger partial charge in [0, 0.05) is 25.9 Å². The monoisotopic (exact) mass is 917 g/mol. The van der Waals surface area contributed by atoms with E-state index in [4.69, 9.17) is 0 Å². The van der Waals surface area contributed by atoms with Gasteiger partial charge in [-0.05, 0) is 25.7 Å². The van der Waals surface area contributed by atoms with Crippen molar-refractivity contribution >= 4 is 17.8 Å². The van der Waals surface area contributed by atoms with E-state index in [1.165, 1.54) is 257 Å². The van der Waals surface area contributed by atoms with Gasteiger partial charge >= 0.3 is 5.97 Å². The number of hydrogen-bond donors (Lipinski definition) is 2. The molecule has 6 nitrogen and oxygen atoms in total. The molecule has 0 aromatic heterocycles. The number of unbranched alkanes of at least 4 members (excludes halogenated alkanes) is 44. The van der Waals surface area contributed by atoms with E-state index in [1.54, 1.807) is 0 Å². The third kappa shape index (κ3) is 48.7. The zero-order valence-electron chi connectivity index (χ0n) is 44.5. The molecule has 1 atom stereocenters. The van der Waals surface area contributed by atoms with Gasteiger partial charge in [0.2, 0.25) is 11.8 Å². The number of amides is 2. The van der Waals surface area contributed by atoms with Crippen LogP contribution < -0.4 is 5.32 Å². The lowest BCUT2D eigenvalue weighted by molar-refractivity contribution is -0.139. The van der Waals surface area contributed by atoms with Gasteiger partial charge < -0.3 is 15.3 Å². The molecule has 2 amide bonds. The normalized spacial score (nSPS) is 11.9. The third-order valence-corrected chi connectivity index (χ3v) is 14.2. The maximum atomic E-state index is 14.1. The molecule has 0 rings (SSSR count). The highest BCUT2D eigenvalue weighted by Crippen LogP contribution is 2.18. The Morgan fingerprint density at radius 1 is 0.338 bits per heavy atom. The van der Waals surface area contributed by atoms with Crippen LogP contribution in [0.2, 0.25) is 0 Å². The van der Waals surface area contributed by atoms with E-state index >= 15 is 0 Å². The van der Waals surface area contributed by atoms with Crippen LogP contribution in [0, 0.1) is 0 Å². The zero-order valence-corrected chi connectivity index (χ0v) is 44.5. The molecule has 0 unspecified atom stereocenters. The van der Waals surface area contributed by atoms with Gasteiger partial charge in [-0.2, -0.15) is 0 Å². The van der Waals surface area contributed by atoms with Crippen LogP contribution in [0.1, 0.15) is 342 Å². The standard InChI is InChI=1S/C59H116N2O4/c1-4-7-10-13-16-19-22-25-28-31-34-37-40-43-46-49-54-61(55-50-47-44-41-38-35-32-29-26-23-20-17-14-11-8-5-2)59(65)56(52-53-58(63)64)60-57(62)51-48-45-42-39-36-33-30-27-24-21-18-15-12-9-6-3/h56H,4-55H2,1-3H3,(H,60,62)(H,63,64)/t56-/m0/s1. The van der Waals surface area contributed by atoms with Crippen molar-refractivity contribution in [3.63, 3.8) is 0 Å². The number of rotatable bonds is 55. The fraction of sp³-hybridized carbons (Fsp3) is 0.949. The SMILES string of the molecule is CCCCCCCCCCCCCCCCCCN(CCCCCCCCCCCCCCCCCC)C(=O)[C@H](CCC(=O)O)NC(=O)CCCCCCCCCCCCCCCCC. The molecule has 65 heavy (non-hydrogen) atoms. The van der Waals surface area contributed by atoms with E-state index in [-0.39, 0.29) is 24.7 Å². The molecule has 0 aromatic carbocycles. The summed E-state index contributed by atoms with van der Waals surface area (Å²) in [6.45, 7) is 8.26. The van der Waals surface area contributed by atoms with Crippen molar-refractivity contribution in [2.75, 3.05) is 13.1 Å². The maximum absolute atomic E-state index is 14.1. The van der Waals surface area contributed by atoms with E-state index < -0.39 is 12.0 Å². The summed E-state index contributed by atoms with van der Waals surface area (Å²) in [4.78, 5) is 40.9. The molecule has 0 saturated heterocycles. The lowest BCUT2D eigenvalue weighted by atomic mass is 10.0. The highest BCUT2D eigenvalue weighted by Gasteiger charge is 2.26. The smallest absolute Gasteiger partial charge is 0.303 e. The molecule has 0 heterocycles. The summed E-state index contributed by atoms with van der Waals surface area (Å²) in [5.41, 5.74) is 0. The number of carbonyl (C=O) groups excluding carboxylic acids is 2. The second-order valence-corrected chi connectivity index (χ2v) is 20.7. The average Bonchev–Trinajstić information content (AvgIpc) is 3.30.